The summed E-state index contributed by atoms with van der Waals surface area (Å²) in [7, 11) is -3.64. The lowest BCUT2D eigenvalue weighted by Crippen LogP contribution is -2.31. The van der Waals surface area contributed by atoms with Gasteiger partial charge in [0.25, 0.3) is 0 Å². The molecule has 0 spiro atoms. The highest BCUT2D eigenvalue weighted by molar-refractivity contribution is 7.89. The number of nitrogens with zero attached hydrogens (tertiary/aromatic N) is 1. The van der Waals surface area contributed by atoms with Crippen molar-refractivity contribution >= 4 is 16.0 Å². The Morgan fingerprint density at radius 3 is 2.14 bits per heavy atom. The molecular weight excluding hydrogens is 290 g/mol. The second kappa shape index (κ2) is 7.75. The lowest BCUT2D eigenvalue weighted by atomic mass is 10.2. The topological polar surface area (TPSA) is 63.7 Å². The number of carbonyl (C=O) groups excluding carboxylic acids is 1. The Balaban J connectivity index is 3.05. The van der Waals surface area contributed by atoms with Crippen molar-refractivity contribution in [2.75, 3.05) is 19.7 Å². The van der Waals surface area contributed by atoms with Crippen LogP contribution in [0.25, 0.3) is 0 Å². The zero-order chi connectivity index (χ0) is 15.9. The fourth-order valence-corrected chi connectivity index (χ4v) is 3.07. The number of hydrogen-bond acceptors (Lipinski definition) is 4. The fourth-order valence-electron chi connectivity index (χ4n) is 1.69. The van der Waals surface area contributed by atoms with Crippen molar-refractivity contribution in [3.8, 4) is 0 Å². The Bertz CT molecular complexity index is 595. The fraction of sp³-hybridized carbons (Fsp3) is 0.267. The molecule has 0 N–H and O–H groups in total. The van der Waals surface area contributed by atoms with E-state index in [9.17, 15) is 13.2 Å². The van der Waals surface area contributed by atoms with Crippen LogP contribution in [-0.4, -0.2) is 38.4 Å². The van der Waals surface area contributed by atoms with Crippen molar-refractivity contribution in [1.29, 1.82) is 0 Å². The first-order chi connectivity index (χ1) is 9.97. The van der Waals surface area contributed by atoms with Crippen LogP contribution in [-0.2, 0) is 14.8 Å². The van der Waals surface area contributed by atoms with Crippen molar-refractivity contribution in [2.24, 2.45) is 0 Å². The smallest absolute Gasteiger partial charge is 0.338 e. The lowest BCUT2D eigenvalue weighted by molar-refractivity contribution is 0.0526. The van der Waals surface area contributed by atoms with E-state index in [0.29, 0.717) is 5.56 Å². The van der Waals surface area contributed by atoms with Gasteiger partial charge in [0, 0.05) is 13.1 Å². The van der Waals surface area contributed by atoms with Crippen LogP contribution in [0.4, 0.5) is 0 Å². The Labute approximate surface area is 125 Å². The number of rotatable bonds is 8. The van der Waals surface area contributed by atoms with Gasteiger partial charge in [-0.2, -0.15) is 4.31 Å². The molecule has 0 radical (unpaired) electrons. The number of hydrogen-bond donors (Lipinski definition) is 0. The normalized spacial score (nSPS) is 11.1. The first-order valence-electron chi connectivity index (χ1n) is 6.46. The molecule has 0 heterocycles. The van der Waals surface area contributed by atoms with Gasteiger partial charge in [0.2, 0.25) is 10.0 Å². The summed E-state index contributed by atoms with van der Waals surface area (Å²) in [6, 6.07) is 5.65. The Hall–Kier alpha value is -1.92. The standard InChI is InChI=1S/C15H19NO4S/c1-4-11-16(12-5-2)21(18,19)14-9-7-13(8-10-14)15(17)20-6-3/h4-5,7-10H,1-2,6,11-12H2,3H3. The zero-order valence-electron chi connectivity index (χ0n) is 12.0. The molecule has 0 aliphatic rings. The predicted molar refractivity (Wildman–Crippen MR) is 81.6 cm³/mol. The van der Waals surface area contributed by atoms with Crippen LogP contribution in [0.15, 0.2) is 54.5 Å². The van der Waals surface area contributed by atoms with Gasteiger partial charge in [-0.25, -0.2) is 13.2 Å². The minimum absolute atomic E-state index is 0.110. The van der Waals surface area contributed by atoms with Gasteiger partial charge in [-0.3, -0.25) is 0 Å². The Kier molecular flexibility index (Phi) is 6.33. The molecule has 114 valence electrons. The van der Waals surface area contributed by atoms with Gasteiger partial charge in [0.15, 0.2) is 0 Å². The molecule has 0 aliphatic heterocycles. The van der Waals surface area contributed by atoms with Crippen molar-refractivity contribution in [1.82, 2.24) is 4.31 Å². The largest absolute Gasteiger partial charge is 0.462 e. The van der Waals surface area contributed by atoms with Crippen molar-refractivity contribution in [3.05, 3.63) is 55.1 Å². The van der Waals surface area contributed by atoms with Gasteiger partial charge in [-0.1, -0.05) is 12.2 Å². The highest BCUT2D eigenvalue weighted by atomic mass is 32.2. The molecule has 0 aliphatic carbocycles. The Morgan fingerprint density at radius 1 is 1.19 bits per heavy atom. The van der Waals surface area contributed by atoms with E-state index in [0.717, 1.165) is 0 Å². The van der Waals surface area contributed by atoms with Gasteiger partial charge in [0.1, 0.15) is 0 Å². The third-order valence-corrected chi connectivity index (χ3v) is 4.51. The maximum absolute atomic E-state index is 12.4. The van der Waals surface area contributed by atoms with E-state index in [1.807, 2.05) is 0 Å². The van der Waals surface area contributed by atoms with Crippen LogP contribution in [0, 0.1) is 0 Å². The molecule has 21 heavy (non-hydrogen) atoms. The van der Waals surface area contributed by atoms with Crippen molar-refractivity contribution in [2.45, 2.75) is 11.8 Å². The van der Waals surface area contributed by atoms with Crippen LogP contribution in [0.5, 0.6) is 0 Å². The number of ether oxygens (including phenoxy) is 1. The van der Waals surface area contributed by atoms with Gasteiger partial charge in [-0.15, -0.1) is 13.2 Å². The molecule has 0 bridgehead atoms. The summed E-state index contributed by atoms with van der Waals surface area (Å²) in [6.07, 6.45) is 3.02. The summed E-state index contributed by atoms with van der Waals surface area (Å²) < 4.78 is 31.0. The number of carbonyl (C=O) groups is 1. The Morgan fingerprint density at radius 2 is 1.71 bits per heavy atom. The summed E-state index contributed by atoms with van der Waals surface area (Å²) in [4.78, 5) is 11.6. The molecule has 0 aromatic heterocycles. The van der Waals surface area contributed by atoms with E-state index < -0.39 is 16.0 Å². The van der Waals surface area contributed by atoms with Gasteiger partial charge < -0.3 is 4.74 Å². The summed E-state index contributed by atoms with van der Waals surface area (Å²) in [5, 5.41) is 0. The van der Waals surface area contributed by atoms with Crippen LogP contribution in [0.3, 0.4) is 0 Å². The summed E-state index contributed by atoms with van der Waals surface area (Å²) in [5.74, 6) is -0.476. The van der Waals surface area contributed by atoms with E-state index in [1.54, 1.807) is 6.92 Å². The number of benzene rings is 1. The molecule has 0 atom stereocenters. The minimum atomic E-state index is -3.64. The molecular formula is C15H19NO4S. The summed E-state index contributed by atoms with van der Waals surface area (Å²) >= 11 is 0. The number of sulfonamides is 1. The van der Waals surface area contributed by atoms with E-state index in [-0.39, 0.29) is 24.6 Å². The van der Waals surface area contributed by atoms with Crippen LogP contribution < -0.4 is 0 Å². The highest BCUT2D eigenvalue weighted by Crippen LogP contribution is 2.17. The van der Waals surface area contributed by atoms with Crippen molar-refractivity contribution in [3.63, 3.8) is 0 Å². The van der Waals surface area contributed by atoms with Crippen LogP contribution in [0.2, 0.25) is 0 Å². The average molecular weight is 309 g/mol. The third-order valence-electron chi connectivity index (χ3n) is 2.67. The molecule has 5 nitrogen and oxygen atoms in total. The molecule has 0 saturated heterocycles. The molecule has 1 aromatic carbocycles. The van der Waals surface area contributed by atoms with Crippen LogP contribution in [0.1, 0.15) is 17.3 Å². The molecule has 1 rings (SSSR count). The number of esters is 1. The highest BCUT2D eigenvalue weighted by Gasteiger charge is 2.22. The molecule has 0 fully saturated rings. The molecule has 0 unspecified atom stereocenters. The maximum atomic E-state index is 12.4. The second-order valence-corrected chi connectivity index (χ2v) is 6.08. The summed E-state index contributed by atoms with van der Waals surface area (Å²) in [5.41, 5.74) is 0.315. The zero-order valence-corrected chi connectivity index (χ0v) is 12.8. The molecule has 1 aromatic rings. The van der Waals surface area contributed by atoms with Gasteiger partial charge >= 0.3 is 5.97 Å². The molecule has 0 saturated carbocycles. The first kappa shape index (κ1) is 17.1. The average Bonchev–Trinajstić information content (AvgIpc) is 2.47. The summed E-state index contributed by atoms with van der Waals surface area (Å²) in [6.45, 7) is 9.45. The lowest BCUT2D eigenvalue weighted by Gasteiger charge is -2.19. The van der Waals surface area contributed by atoms with E-state index in [2.05, 4.69) is 13.2 Å². The van der Waals surface area contributed by atoms with Gasteiger partial charge in [0.05, 0.1) is 17.1 Å². The van der Waals surface area contributed by atoms with E-state index >= 15 is 0 Å². The third kappa shape index (κ3) is 4.27. The van der Waals surface area contributed by atoms with E-state index in [4.69, 9.17) is 4.74 Å². The minimum Gasteiger partial charge on any atom is -0.462 e. The molecule has 0 amide bonds. The second-order valence-electron chi connectivity index (χ2n) is 4.14. The predicted octanol–water partition coefficient (Wildman–Crippen LogP) is 2.23. The quantitative estimate of drug-likeness (QED) is 0.545. The maximum Gasteiger partial charge on any atom is 0.338 e. The van der Waals surface area contributed by atoms with Crippen LogP contribution >= 0.6 is 0 Å². The molecule has 6 heteroatoms. The SMILES string of the molecule is C=CCN(CC=C)S(=O)(=O)c1ccc(C(=O)OCC)cc1. The van der Waals surface area contributed by atoms with Gasteiger partial charge in [-0.05, 0) is 31.2 Å². The monoisotopic (exact) mass is 309 g/mol. The van der Waals surface area contributed by atoms with E-state index in [1.165, 1.54) is 40.7 Å². The van der Waals surface area contributed by atoms with Crippen molar-refractivity contribution < 1.29 is 17.9 Å². The first-order valence-corrected chi connectivity index (χ1v) is 7.90.